The summed E-state index contributed by atoms with van der Waals surface area (Å²) in [5, 5.41) is 4.16. The van der Waals surface area contributed by atoms with Crippen LogP contribution in [0.1, 0.15) is 25.5 Å². The highest BCUT2D eigenvalue weighted by molar-refractivity contribution is 5.84. The number of rotatable bonds is 1. The van der Waals surface area contributed by atoms with Crippen molar-refractivity contribution >= 4 is 16.9 Å². The minimum atomic E-state index is -0.242. The Kier molecular flexibility index (Phi) is 2.32. The van der Waals surface area contributed by atoms with Crippen molar-refractivity contribution in [1.82, 2.24) is 19.7 Å². The lowest BCUT2D eigenvalue weighted by molar-refractivity contribution is -0.0366. The molecule has 1 aliphatic heterocycles. The van der Waals surface area contributed by atoms with E-state index in [4.69, 9.17) is 10.5 Å². The van der Waals surface area contributed by atoms with Gasteiger partial charge < -0.3 is 15.5 Å². The quantitative estimate of drug-likeness (QED) is 0.745. The van der Waals surface area contributed by atoms with Gasteiger partial charge in [-0.1, -0.05) is 0 Å². The van der Waals surface area contributed by atoms with E-state index >= 15 is 0 Å². The second kappa shape index (κ2) is 3.85. The van der Waals surface area contributed by atoms with Crippen LogP contribution in [-0.4, -0.2) is 26.4 Å². The van der Waals surface area contributed by atoms with Gasteiger partial charge in [-0.2, -0.15) is 0 Å². The van der Waals surface area contributed by atoms with Crippen LogP contribution < -0.4 is 11.3 Å². The molecule has 7 nitrogen and oxygen atoms in total. The zero-order valence-electron chi connectivity index (χ0n) is 9.22. The maximum Gasteiger partial charge on any atom is 0.277 e. The van der Waals surface area contributed by atoms with Crippen molar-refractivity contribution in [2.75, 3.05) is 12.3 Å². The number of nitrogens with one attached hydrogen (secondary N) is 1. The molecule has 3 N–H and O–H groups in total. The van der Waals surface area contributed by atoms with E-state index in [1.807, 2.05) is 0 Å². The molecule has 2 aromatic heterocycles. The number of H-pyrrole nitrogens is 1. The Bertz CT molecular complexity index is 596. The number of aromatic amines is 1. The van der Waals surface area contributed by atoms with Crippen LogP contribution in [0.25, 0.3) is 11.0 Å². The number of nitrogen functional groups attached to an aromatic ring is 1. The molecular weight excluding hydrogens is 222 g/mol. The third-order valence-electron chi connectivity index (χ3n) is 2.94. The molecule has 7 heteroatoms. The summed E-state index contributed by atoms with van der Waals surface area (Å²) in [6.45, 7) is 0.685. The molecular formula is C10H13N5O2. The minimum absolute atomic E-state index is 0.214. The molecule has 1 atom stereocenters. The number of hydrogen-bond acceptors (Lipinski definition) is 5. The van der Waals surface area contributed by atoms with Crippen LogP contribution in [0.2, 0.25) is 0 Å². The largest absolute Gasteiger partial charge is 0.380 e. The number of fused-ring (bicyclic) bond motifs is 1. The molecule has 0 aliphatic carbocycles. The average Bonchev–Trinajstić information content (AvgIpc) is 2.70. The fraction of sp³-hybridized carbons (Fsp3) is 0.500. The number of hydrogen-bond donors (Lipinski definition) is 2. The van der Waals surface area contributed by atoms with E-state index in [-0.39, 0.29) is 17.6 Å². The van der Waals surface area contributed by atoms with E-state index in [9.17, 15) is 4.79 Å². The summed E-state index contributed by atoms with van der Waals surface area (Å²) >= 11 is 0. The van der Waals surface area contributed by atoms with E-state index in [1.165, 1.54) is 6.33 Å². The number of aromatic nitrogens is 4. The van der Waals surface area contributed by atoms with Crippen molar-refractivity contribution in [3.63, 3.8) is 0 Å². The van der Waals surface area contributed by atoms with E-state index in [0.717, 1.165) is 19.3 Å². The third-order valence-corrected chi connectivity index (χ3v) is 2.94. The lowest BCUT2D eigenvalue weighted by Crippen LogP contribution is -2.22. The fourth-order valence-electron chi connectivity index (χ4n) is 2.13. The number of anilines is 1. The van der Waals surface area contributed by atoms with E-state index in [1.54, 1.807) is 4.68 Å². The van der Waals surface area contributed by atoms with Gasteiger partial charge in [0.15, 0.2) is 17.6 Å². The molecule has 0 spiro atoms. The number of nitrogens with two attached hydrogens (primary N) is 1. The molecule has 0 saturated carbocycles. The molecule has 0 aromatic carbocycles. The first kappa shape index (κ1) is 10.3. The summed E-state index contributed by atoms with van der Waals surface area (Å²) in [5.41, 5.74) is 6.33. The smallest absolute Gasteiger partial charge is 0.277 e. The van der Waals surface area contributed by atoms with Crippen LogP contribution in [0.15, 0.2) is 11.1 Å². The van der Waals surface area contributed by atoms with Crippen LogP contribution in [0.4, 0.5) is 5.82 Å². The van der Waals surface area contributed by atoms with Crippen LogP contribution in [0, 0.1) is 0 Å². The van der Waals surface area contributed by atoms with Crippen LogP contribution in [0.3, 0.4) is 0 Å². The highest BCUT2D eigenvalue weighted by Crippen LogP contribution is 2.25. The van der Waals surface area contributed by atoms with Gasteiger partial charge >= 0.3 is 0 Å². The second-order valence-electron chi connectivity index (χ2n) is 4.08. The van der Waals surface area contributed by atoms with Gasteiger partial charge in [-0.15, -0.1) is 5.10 Å². The summed E-state index contributed by atoms with van der Waals surface area (Å²) in [6.07, 6.45) is 4.05. The summed E-state index contributed by atoms with van der Waals surface area (Å²) in [4.78, 5) is 18.4. The Balaban J connectivity index is 2.19. The van der Waals surface area contributed by atoms with Gasteiger partial charge in [-0.05, 0) is 19.3 Å². The molecule has 3 heterocycles. The Hall–Kier alpha value is -1.89. The van der Waals surface area contributed by atoms with Crippen molar-refractivity contribution in [2.45, 2.75) is 25.5 Å². The molecule has 0 radical (unpaired) electrons. The first-order chi connectivity index (χ1) is 8.27. The van der Waals surface area contributed by atoms with E-state index < -0.39 is 0 Å². The number of ether oxygens (including phenoxy) is 1. The highest BCUT2D eigenvalue weighted by atomic mass is 16.5. The van der Waals surface area contributed by atoms with Gasteiger partial charge in [0, 0.05) is 6.61 Å². The lowest BCUT2D eigenvalue weighted by atomic mass is 10.2. The average molecular weight is 235 g/mol. The van der Waals surface area contributed by atoms with E-state index in [0.29, 0.717) is 17.6 Å². The van der Waals surface area contributed by atoms with Crippen LogP contribution in [0.5, 0.6) is 0 Å². The molecule has 1 fully saturated rings. The van der Waals surface area contributed by atoms with Gasteiger partial charge in [-0.25, -0.2) is 9.67 Å². The third kappa shape index (κ3) is 1.59. The molecule has 0 amide bonds. The first-order valence-electron chi connectivity index (χ1n) is 5.60. The van der Waals surface area contributed by atoms with Crippen molar-refractivity contribution in [3.8, 4) is 0 Å². The second-order valence-corrected chi connectivity index (χ2v) is 4.08. The summed E-state index contributed by atoms with van der Waals surface area (Å²) in [6, 6.07) is 0. The first-order valence-corrected chi connectivity index (χ1v) is 5.60. The Labute approximate surface area is 96.6 Å². The monoisotopic (exact) mass is 235 g/mol. The van der Waals surface area contributed by atoms with Crippen LogP contribution >= 0.6 is 0 Å². The topological polar surface area (TPSA) is 98.8 Å². The maximum atomic E-state index is 11.8. The molecule has 1 aliphatic rings. The predicted octanol–water partition coefficient (Wildman–Crippen LogP) is 0.401. The summed E-state index contributed by atoms with van der Waals surface area (Å²) in [5.74, 6) is 0.264. The standard InChI is InChI=1S/C10H13N5O2/c11-9-7-8(10(16)13-5-12-7)15(14-9)6-3-1-2-4-17-6/h5-6H,1-4H2,(H2,11,14)(H,12,13,16). The van der Waals surface area contributed by atoms with Gasteiger partial charge in [-0.3, -0.25) is 4.79 Å². The van der Waals surface area contributed by atoms with Crippen LogP contribution in [-0.2, 0) is 4.74 Å². The summed E-state index contributed by atoms with van der Waals surface area (Å²) in [7, 11) is 0. The highest BCUT2D eigenvalue weighted by Gasteiger charge is 2.22. The van der Waals surface area contributed by atoms with Gasteiger partial charge in [0.2, 0.25) is 0 Å². The zero-order chi connectivity index (χ0) is 11.8. The summed E-state index contributed by atoms with van der Waals surface area (Å²) < 4.78 is 7.16. The Morgan fingerprint density at radius 3 is 3.18 bits per heavy atom. The van der Waals surface area contributed by atoms with E-state index in [2.05, 4.69) is 15.1 Å². The fourth-order valence-corrected chi connectivity index (χ4v) is 2.13. The maximum absolute atomic E-state index is 11.8. The molecule has 3 rings (SSSR count). The van der Waals surface area contributed by atoms with Crippen molar-refractivity contribution in [3.05, 3.63) is 16.7 Å². The van der Waals surface area contributed by atoms with Gasteiger partial charge in [0.25, 0.3) is 5.56 Å². The van der Waals surface area contributed by atoms with Gasteiger partial charge in [0.1, 0.15) is 5.52 Å². The zero-order valence-corrected chi connectivity index (χ0v) is 9.22. The molecule has 2 aromatic rings. The van der Waals surface area contributed by atoms with Gasteiger partial charge in [0.05, 0.1) is 6.33 Å². The molecule has 0 bridgehead atoms. The molecule has 1 unspecified atom stereocenters. The minimum Gasteiger partial charge on any atom is -0.380 e. The Morgan fingerprint density at radius 2 is 2.41 bits per heavy atom. The molecule has 17 heavy (non-hydrogen) atoms. The lowest BCUT2D eigenvalue weighted by Gasteiger charge is -2.22. The van der Waals surface area contributed by atoms with Crippen molar-refractivity contribution < 1.29 is 4.74 Å². The predicted molar refractivity (Wildman–Crippen MR) is 61.4 cm³/mol. The number of nitrogens with zero attached hydrogens (tertiary/aromatic N) is 3. The SMILES string of the molecule is Nc1nn(C2CCCCO2)c2c(=O)[nH]cnc12. The van der Waals surface area contributed by atoms with Crippen molar-refractivity contribution in [2.24, 2.45) is 0 Å². The molecule has 90 valence electrons. The molecule has 1 saturated heterocycles. The Morgan fingerprint density at radius 1 is 1.53 bits per heavy atom. The van der Waals surface area contributed by atoms with Crippen molar-refractivity contribution in [1.29, 1.82) is 0 Å². The normalized spacial score (nSPS) is 20.8.